The second kappa shape index (κ2) is 9.02. The lowest BCUT2D eigenvalue weighted by atomic mass is 9.96. The highest BCUT2D eigenvalue weighted by Gasteiger charge is 2.14. The normalized spacial score (nSPS) is 11.7. The van der Waals surface area contributed by atoms with Gasteiger partial charge in [-0.25, -0.2) is 15.8 Å². The molecule has 2 heterocycles. The van der Waals surface area contributed by atoms with Crippen LogP contribution in [0.3, 0.4) is 0 Å². The summed E-state index contributed by atoms with van der Waals surface area (Å²) in [6.45, 7) is 1.83. The van der Waals surface area contributed by atoms with E-state index in [0.717, 1.165) is 38.9 Å². The van der Waals surface area contributed by atoms with Crippen LogP contribution in [0.5, 0.6) is 0 Å². The van der Waals surface area contributed by atoms with Crippen LogP contribution >= 0.6 is 13.5 Å². The van der Waals surface area contributed by atoms with Crippen LogP contribution in [0.25, 0.3) is 33.3 Å². The number of hydrogen-bond donors (Lipinski definition) is 3. The van der Waals surface area contributed by atoms with Crippen LogP contribution in [-0.2, 0) is 5.21 Å². The van der Waals surface area contributed by atoms with Gasteiger partial charge in [0, 0.05) is 22.7 Å². The molecule has 2 aromatic carbocycles. The first-order valence-electron chi connectivity index (χ1n) is 9.01. The van der Waals surface area contributed by atoms with Crippen molar-refractivity contribution in [1.29, 1.82) is 0 Å². The number of anilines is 1. The summed E-state index contributed by atoms with van der Waals surface area (Å²) >= 11 is 0. The number of hydroxylamine groups is 1. The number of hydrogen-bond acceptors (Lipinski definition) is 5. The summed E-state index contributed by atoms with van der Waals surface area (Å²) in [6.07, 6.45) is 1.68. The molecular formula is C22H22N5OS. The van der Waals surface area contributed by atoms with Crippen LogP contribution in [0.1, 0.15) is 18.5 Å². The molecule has 7 heteroatoms. The summed E-state index contributed by atoms with van der Waals surface area (Å²) < 4.78 is 0. The molecule has 4 aromatic rings. The zero-order chi connectivity index (χ0) is 19.5. The van der Waals surface area contributed by atoms with Gasteiger partial charge in [0.25, 0.3) is 0 Å². The van der Waals surface area contributed by atoms with Crippen LogP contribution in [0.2, 0.25) is 0 Å². The number of fused-ring (bicyclic) bond motifs is 1. The van der Waals surface area contributed by atoms with Gasteiger partial charge in [-0.1, -0.05) is 54.6 Å². The Hall–Kier alpha value is -2.97. The van der Waals surface area contributed by atoms with Crippen molar-refractivity contribution in [3.63, 3.8) is 0 Å². The van der Waals surface area contributed by atoms with Gasteiger partial charge in [0.1, 0.15) is 5.82 Å². The summed E-state index contributed by atoms with van der Waals surface area (Å²) in [5.41, 5.74) is 10.3. The molecule has 4 N–H and O–H groups in total. The summed E-state index contributed by atoms with van der Waals surface area (Å²) in [6, 6.07) is 21.6. The summed E-state index contributed by atoms with van der Waals surface area (Å²) in [4.78, 5) is 9.20. The molecule has 29 heavy (non-hydrogen) atoms. The third kappa shape index (κ3) is 4.08. The molecule has 1 atom stereocenters. The Bertz CT molecular complexity index is 1100. The number of pyridine rings is 2. The van der Waals surface area contributed by atoms with Gasteiger partial charge < -0.3 is 5.43 Å². The number of rotatable bonds is 5. The van der Waals surface area contributed by atoms with E-state index in [1.54, 1.807) is 6.20 Å². The van der Waals surface area contributed by atoms with Crippen LogP contribution in [0.15, 0.2) is 72.9 Å². The van der Waals surface area contributed by atoms with Crippen LogP contribution in [-0.4, -0.2) is 9.97 Å². The topological polar surface area (TPSA) is 95.8 Å². The van der Waals surface area contributed by atoms with Crippen LogP contribution in [0.4, 0.5) is 5.82 Å². The lowest BCUT2D eigenvalue weighted by molar-refractivity contribution is 0.0489. The van der Waals surface area contributed by atoms with Gasteiger partial charge in [-0.05, 0) is 30.2 Å². The molecule has 0 bridgehead atoms. The molecule has 0 saturated heterocycles. The molecule has 0 amide bonds. The highest BCUT2D eigenvalue weighted by molar-refractivity contribution is 7.59. The fourth-order valence-corrected chi connectivity index (χ4v) is 3.27. The van der Waals surface area contributed by atoms with Crippen LogP contribution in [0, 0.1) is 0 Å². The number of nitrogens with one attached hydrogen (secondary N) is 2. The predicted octanol–water partition coefficient (Wildman–Crippen LogP) is 4.36. The van der Waals surface area contributed by atoms with E-state index in [9.17, 15) is 5.21 Å². The SMILES string of the molecule is C[C@@H](N[O])c1ccc(-c2nc3ccnc(NN)c3cc2-c2ccccc2)cc1.S. The fourth-order valence-electron chi connectivity index (χ4n) is 3.27. The quantitative estimate of drug-likeness (QED) is 0.339. The number of aromatic nitrogens is 2. The number of benzene rings is 2. The van der Waals surface area contributed by atoms with Gasteiger partial charge in [-0.15, -0.1) is 5.21 Å². The third-order valence-electron chi connectivity index (χ3n) is 4.83. The van der Waals surface area contributed by atoms with E-state index < -0.39 is 0 Å². The number of hydrazine groups is 1. The highest BCUT2D eigenvalue weighted by Crippen LogP contribution is 2.35. The molecule has 0 aliphatic heterocycles. The molecule has 0 saturated carbocycles. The van der Waals surface area contributed by atoms with Gasteiger partial charge in [0.2, 0.25) is 0 Å². The maximum absolute atomic E-state index is 10.9. The Morgan fingerprint density at radius 3 is 2.34 bits per heavy atom. The lowest BCUT2D eigenvalue weighted by Crippen LogP contribution is -2.11. The molecule has 0 aliphatic carbocycles. The average Bonchev–Trinajstić information content (AvgIpc) is 2.78. The van der Waals surface area contributed by atoms with Crippen molar-refractivity contribution in [2.45, 2.75) is 13.0 Å². The minimum absolute atomic E-state index is 0. The van der Waals surface area contributed by atoms with E-state index in [1.807, 2.05) is 60.9 Å². The third-order valence-corrected chi connectivity index (χ3v) is 4.83. The zero-order valence-corrected chi connectivity index (χ0v) is 16.9. The van der Waals surface area contributed by atoms with Gasteiger partial charge in [0.15, 0.2) is 0 Å². The first-order valence-corrected chi connectivity index (χ1v) is 9.01. The minimum Gasteiger partial charge on any atom is -0.308 e. The van der Waals surface area contributed by atoms with Crippen molar-refractivity contribution in [3.8, 4) is 22.4 Å². The summed E-state index contributed by atoms with van der Waals surface area (Å²) in [7, 11) is 0. The second-order valence-electron chi connectivity index (χ2n) is 6.58. The predicted molar refractivity (Wildman–Crippen MR) is 121 cm³/mol. The van der Waals surface area contributed by atoms with E-state index in [1.165, 1.54) is 0 Å². The molecule has 4 rings (SSSR count). The molecule has 0 fully saturated rings. The van der Waals surface area contributed by atoms with E-state index in [0.29, 0.717) is 5.82 Å². The molecular weight excluding hydrogens is 382 g/mol. The maximum atomic E-state index is 10.9. The van der Waals surface area contributed by atoms with Crippen molar-refractivity contribution in [2.75, 3.05) is 5.43 Å². The Labute approximate surface area is 176 Å². The average molecular weight is 405 g/mol. The fraction of sp³-hybridized carbons (Fsp3) is 0.0909. The van der Waals surface area contributed by atoms with E-state index in [4.69, 9.17) is 10.8 Å². The zero-order valence-electron chi connectivity index (χ0n) is 15.9. The van der Waals surface area contributed by atoms with Crippen molar-refractivity contribution >= 4 is 30.2 Å². The highest BCUT2D eigenvalue weighted by atomic mass is 32.1. The Morgan fingerprint density at radius 2 is 1.69 bits per heavy atom. The minimum atomic E-state index is -0.253. The Morgan fingerprint density at radius 1 is 0.966 bits per heavy atom. The van der Waals surface area contributed by atoms with Gasteiger partial charge in [-0.3, -0.25) is 0 Å². The maximum Gasteiger partial charge on any atom is 0.149 e. The summed E-state index contributed by atoms with van der Waals surface area (Å²) in [5, 5.41) is 11.8. The van der Waals surface area contributed by atoms with E-state index >= 15 is 0 Å². The van der Waals surface area contributed by atoms with E-state index in [2.05, 4.69) is 28.6 Å². The van der Waals surface area contributed by atoms with Gasteiger partial charge >= 0.3 is 0 Å². The number of nitrogens with two attached hydrogens (primary N) is 1. The van der Waals surface area contributed by atoms with Gasteiger partial charge in [-0.2, -0.15) is 19.0 Å². The van der Waals surface area contributed by atoms with E-state index in [-0.39, 0.29) is 19.5 Å². The molecule has 1 radical (unpaired) electrons. The van der Waals surface area contributed by atoms with Crippen LogP contribution < -0.4 is 16.7 Å². The molecule has 0 aliphatic rings. The van der Waals surface area contributed by atoms with Crippen molar-refractivity contribution in [3.05, 3.63) is 78.5 Å². The number of nitrogens with zero attached hydrogens (tertiary/aromatic N) is 2. The summed E-state index contributed by atoms with van der Waals surface area (Å²) in [5.74, 6) is 6.22. The first-order chi connectivity index (χ1) is 13.7. The molecule has 6 nitrogen and oxygen atoms in total. The largest absolute Gasteiger partial charge is 0.308 e. The van der Waals surface area contributed by atoms with Crippen molar-refractivity contribution < 1.29 is 5.21 Å². The Balaban J connectivity index is 0.00000240. The smallest absolute Gasteiger partial charge is 0.149 e. The second-order valence-corrected chi connectivity index (χ2v) is 6.58. The first kappa shape index (κ1) is 20.8. The van der Waals surface area contributed by atoms with Crippen molar-refractivity contribution in [1.82, 2.24) is 15.4 Å². The molecule has 2 aromatic heterocycles. The standard InChI is InChI=1S/C22H20N5O.H2S/c1-14(27-28)15-7-9-17(10-8-15)21-18(16-5-3-2-4-6-16)13-19-20(25-21)11-12-24-22(19)26-23;/h2-14,27H,23H2,1H3,(H,24,26);1H2/t14-;/m1./s1. The number of nitrogen functional groups attached to an aromatic ring is 1. The molecule has 147 valence electrons. The van der Waals surface area contributed by atoms with Crippen molar-refractivity contribution in [2.24, 2.45) is 5.84 Å². The Kier molecular flexibility index (Phi) is 6.46. The lowest BCUT2D eigenvalue weighted by Gasteiger charge is -2.14. The molecule has 0 spiro atoms. The monoisotopic (exact) mass is 404 g/mol. The van der Waals surface area contributed by atoms with Gasteiger partial charge in [0.05, 0.1) is 17.3 Å². The molecule has 0 unspecified atom stereocenters.